The Kier molecular flexibility index (Phi) is 3.53. The van der Waals surface area contributed by atoms with Crippen molar-refractivity contribution >= 4 is 28.1 Å². The summed E-state index contributed by atoms with van der Waals surface area (Å²) in [6, 6.07) is 7.77. The summed E-state index contributed by atoms with van der Waals surface area (Å²) in [6.45, 7) is 0. The summed E-state index contributed by atoms with van der Waals surface area (Å²) < 4.78 is 0. The molecule has 6 heteroatoms. The third-order valence-corrected chi connectivity index (χ3v) is 7.79. The number of hydrogen-bond acceptors (Lipinski definition) is 3. The van der Waals surface area contributed by atoms with Crippen molar-refractivity contribution in [2.75, 3.05) is 5.32 Å². The molecule has 0 aromatic heterocycles. The number of benzene rings is 2. The minimum atomic E-state index is -0.304. The van der Waals surface area contributed by atoms with Crippen LogP contribution in [0.2, 0.25) is 0 Å². The van der Waals surface area contributed by atoms with E-state index >= 15 is 0 Å². The highest BCUT2D eigenvalue weighted by Crippen LogP contribution is 2.57. The van der Waals surface area contributed by atoms with Crippen LogP contribution in [0.3, 0.4) is 0 Å². The number of aliphatic imine (C=N–C) groups is 1. The van der Waals surface area contributed by atoms with Crippen LogP contribution in [-0.2, 0) is 12.8 Å². The molecule has 5 aliphatic rings. The number of hydrogen-bond donors (Lipinski definition) is 2. The van der Waals surface area contributed by atoms with Gasteiger partial charge in [-0.25, -0.2) is 4.99 Å². The van der Waals surface area contributed by atoms with Crippen LogP contribution < -0.4 is 11.1 Å². The topological polar surface area (TPSA) is 93.5 Å². The molecule has 0 heterocycles. The first-order chi connectivity index (χ1) is 14.0. The molecule has 2 aromatic rings. The molecule has 0 atom stereocenters. The van der Waals surface area contributed by atoms with E-state index < -0.39 is 0 Å². The van der Waals surface area contributed by atoms with Gasteiger partial charge in [-0.3, -0.25) is 10.1 Å². The van der Waals surface area contributed by atoms with E-state index in [2.05, 4.69) is 11.4 Å². The van der Waals surface area contributed by atoms with Crippen LogP contribution in [0.25, 0.3) is 10.8 Å². The van der Waals surface area contributed by atoms with Gasteiger partial charge in [0.25, 0.3) is 5.69 Å². The van der Waals surface area contributed by atoms with E-state index in [1.807, 2.05) is 12.1 Å². The molecule has 3 N–H and O–H groups in total. The molecule has 0 aliphatic heterocycles. The lowest BCUT2D eigenvalue weighted by Crippen LogP contribution is -2.50. The maximum Gasteiger partial charge on any atom is 0.293 e. The van der Waals surface area contributed by atoms with Crippen molar-refractivity contribution in [2.24, 2.45) is 28.5 Å². The first-order valence-electron chi connectivity index (χ1n) is 10.8. The number of nitrogens with one attached hydrogen (secondary N) is 1. The minimum Gasteiger partial charge on any atom is -0.370 e. The van der Waals surface area contributed by atoms with Gasteiger partial charge in [0.15, 0.2) is 5.96 Å². The summed E-state index contributed by atoms with van der Waals surface area (Å²) in [6.07, 6.45) is 9.19. The van der Waals surface area contributed by atoms with Gasteiger partial charge in [-0.15, -0.1) is 0 Å². The van der Waals surface area contributed by atoms with E-state index in [1.54, 1.807) is 6.07 Å². The van der Waals surface area contributed by atoms with Gasteiger partial charge >= 0.3 is 0 Å². The van der Waals surface area contributed by atoms with Gasteiger partial charge in [0, 0.05) is 11.5 Å². The van der Waals surface area contributed by atoms with Crippen molar-refractivity contribution in [3.63, 3.8) is 0 Å². The molecular formula is C23H26N4O2. The van der Waals surface area contributed by atoms with Crippen LogP contribution in [0.1, 0.15) is 49.7 Å². The van der Waals surface area contributed by atoms with Crippen LogP contribution in [-0.4, -0.2) is 16.4 Å². The Morgan fingerprint density at radius 2 is 1.76 bits per heavy atom. The summed E-state index contributed by atoms with van der Waals surface area (Å²) in [5, 5.41) is 17.0. The maximum atomic E-state index is 11.8. The van der Waals surface area contributed by atoms with Gasteiger partial charge in [0.05, 0.1) is 10.5 Å². The van der Waals surface area contributed by atoms with Crippen LogP contribution in [0, 0.1) is 27.9 Å². The molecule has 0 radical (unpaired) electrons. The lowest BCUT2D eigenvalue weighted by molar-refractivity contribution is -0.383. The zero-order valence-electron chi connectivity index (χ0n) is 16.5. The number of rotatable bonds is 3. The van der Waals surface area contributed by atoms with Crippen molar-refractivity contribution in [2.45, 2.75) is 56.9 Å². The molecule has 0 amide bonds. The second kappa shape index (κ2) is 5.94. The van der Waals surface area contributed by atoms with Crippen molar-refractivity contribution in [1.29, 1.82) is 0 Å². The molecule has 2 aromatic carbocycles. The quantitative estimate of drug-likeness (QED) is 0.348. The molecule has 0 unspecified atom stereocenters. The Morgan fingerprint density at radius 3 is 2.41 bits per heavy atom. The summed E-state index contributed by atoms with van der Waals surface area (Å²) in [4.78, 5) is 16.5. The highest BCUT2D eigenvalue weighted by atomic mass is 16.6. The van der Waals surface area contributed by atoms with Crippen molar-refractivity contribution in [3.05, 3.63) is 45.5 Å². The zero-order chi connectivity index (χ0) is 19.8. The number of aryl methyl sites for hydroxylation is 2. The Bertz CT molecular complexity index is 1040. The van der Waals surface area contributed by atoms with Gasteiger partial charge in [-0.2, -0.15) is 0 Å². The van der Waals surface area contributed by atoms with Gasteiger partial charge in [-0.05, 0) is 85.6 Å². The standard InChI is InChI=1S/C23H26N4O2/c24-22(26-23-10-13-6-14(11-23)8-15(7-13)12-23)25-21-18-3-1-2-16-4-5-17(20(16)18)9-19(21)27(28)29/h1-3,9,13-15H,4-8,10-12H2,(H3,24,25,26). The molecule has 0 saturated heterocycles. The first kappa shape index (κ1) is 17.2. The highest BCUT2D eigenvalue weighted by Gasteiger charge is 2.51. The molecule has 4 bridgehead atoms. The summed E-state index contributed by atoms with van der Waals surface area (Å²) in [5.41, 5.74) is 9.23. The van der Waals surface area contributed by atoms with Gasteiger partial charge in [0.1, 0.15) is 5.69 Å². The highest BCUT2D eigenvalue weighted by molar-refractivity contribution is 6.09. The fourth-order valence-electron chi connectivity index (χ4n) is 7.20. The first-order valence-corrected chi connectivity index (χ1v) is 10.8. The fourth-order valence-corrected chi connectivity index (χ4v) is 7.20. The predicted octanol–water partition coefficient (Wildman–Crippen LogP) is 4.54. The van der Waals surface area contributed by atoms with Crippen molar-refractivity contribution in [1.82, 2.24) is 0 Å². The maximum absolute atomic E-state index is 11.8. The number of nitro groups is 1. The van der Waals surface area contributed by atoms with E-state index in [9.17, 15) is 10.1 Å². The lowest BCUT2D eigenvalue weighted by Gasteiger charge is -2.54. The normalized spacial score (nSPS) is 32.1. The monoisotopic (exact) mass is 390 g/mol. The number of nitrogens with zero attached hydrogens (tertiary/aromatic N) is 2. The van der Waals surface area contributed by atoms with E-state index in [-0.39, 0.29) is 16.1 Å². The smallest absolute Gasteiger partial charge is 0.293 e. The second-order valence-electron chi connectivity index (χ2n) is 9.79. The molecule has 150 valence electrons. The Hall–Kier alpha value is -2.63. The molecule has 7 rings (SSSR count). The van der Waals surface area contributed by atoms with E-state index in [1.165, 1.54) is 24.8 Å². The minimum absolute atomic E-state index is 0.0600. The van der Waals surface area contributed by atoms with Crippen LogP contribution in [0.5, 0.6) is 0 Å². The van der Waals surface area contributed by atoms with E-state index in [0.717, 1.165) is 66.2 Å². The summed E-state index contributed by atoms with van der Waals surface area (Å²) in [7, 11) is 0. The molecule has 0 spiro atoms. The number of guanidine groups is 1. The molecular weight excluding hydrogens is 364 g/mol. The predicted molar refractivity (Wildman–Crippen MR) is 114 cm³/mol. The zero-order valence-corrected chi connectivity index (χ0v) is 16.5. The average molecular weight is 390 g/mol. The van der Waals surface area contributed by atoms with Crippen LogP contribution in [0.15, 0.2) is 29.3 Å². The third kappa shape index (κ3) is 2.65. The average Bonchev–Trinajstić information content (AvgIpc) is 3.06. The Balaban J connectivity index is 1.41. The van der Waals surface area contributed by atoms with Crippen molar-refractivity contribution in [3.8, 4) is 0 Å². The Morgan fingerprint density at radius 1 is 1.10 bits per heavy atom. The molecule has 6 nitrogen and oxygen atoms in total. The van der Waals surface area contributed by atoms with Crippen LogP contribution >= 0.6 is 0 Å². The number of nitrogens with two attached hydrogens (primary N) is 1. The summed E-state index contributed by atoms with van der Waals surface area (Å²) in [5.74, 6) is 2.67. The van der Waals surface area contributed by atoms with Crippen molar-refractivity contribution < 1.29 is 4.92 Å². The van der Waals surface area contributed by atoms with Gasteiger partial charge in [0.2, 0.25) is 0 Å². The van der Waals surface area contributed by atoms with Gasteiger partial charge in [-0.1, -0.05) is 18.2 Å². The van der Waals surface area contributed by atoms with E-state index in [0.29, 0.717) is 11.6 Å². The third-order valence-electron chi connectivity index (χ3n) is 7.79. The molecule has 29 heavy (non-hydrogen) atoms. The SMILES string of the molecule is NC(=NC12CC3CC(CC(C3)C1)C2)Nc1c([N+](=O)[O-])cc2c3c(cccc13)CC2. The lowest BCUT2D eigenvalue weighted by atomic mass is 9.53. The molecule has 5 aliphatic carbocycles. The number of nitro benzene ring substituents is 1. The Labute approximate surface area is 169 Å². The summed E-state index contributed by atoms with van der Waals surface area (Å²) >= 11 is 0. The molecule has 4 fully saturated rings. The fraction of sp³-hybridized carbons (Fsp3) is 0.522. The number of anilines is 1. The second-order valence-corrected chi connectivity index (χ2v) is 9.79. The van der Waals surface area contributed by atoms with Gasteiger partial charge < -0.3 is 11.1 Å². The largest absolute Gasteiger partial charge is 0.370 e. The van der Waals surface area contributed by atoms with E-state index in [4.69, 9.17) is 10.7 Å². The van der Waals surface area contributed by atoms with Crippen LogP contribution in [0.4, 0.5) is 11.4 Å². The molecule has 4 saturated carbocycles.